The molecule has 0 radical (unpaired) electrons. The fourth-order valence-corrected chi connectivity index (χ4v) is 2.13. The SMILES string of the molecule is C=CCN(CC(C)C(=O)O)c1c(C)cccc1C. The lowest BCUT2D eigenvalue weighted by Gasteiger charge is -2.28. The van der Waals surface area contributed by atoms with Crippen LogP contribution < -0.4 is 4.90 Å². The molecule has 1 unspecified atom stereocenters. The number of para-hydroxylation sites is 1. The van der Waals surface area contributed by atoms with Crippen LogP contribution in [0.5, 0.6) is 0 Å². The molecule has 0 saturated carbocycles. The van der Waals surface area contributed by atoms with Crippen molar-refractivity contribution in [2.75, 3.05) is 18.0 Å². The Labute approximate surface area is 109 Å². The molecule has 1 aromatic rings. The number of nitrogens with zero attached hydrogens (tertiary/aromatic N) is 1. The summed E-state index contributed by atoms with van der Waals surface area (Å²) < 4.78 is 0. The Balaban J connectivity index is 3.04. The Kier molecular flexibility index (Phi) is 4.95. The highest BCUT2D eigenvalue weighted by Crippen LogP contribution is 2.25. The van der Waals surface area contributed by atoms with E-state index in [0.717, 1.165) is 16.8 Å². The number of carboxylic acid groups (broad SMARTS) is 1. The molecule has 0 aliphatic heterocycles. The van der Waals surface area contributed by atoms with E-state index in [1.807, 2.05) is 32.0 Å². The van der Waals surface area contributed by atoms with Gasteiger partial charge in [-0.1, -0.05) is 31.2 Å². The van der Waals surface area contributed by atoms with Crippen LogP contribution in [-0.4, -0.2) is 24.2 Å². The molecular formula is C15H21NO2. The molecule has 1 aromatic carbocycles. The first-order chi connectivity index (χ1) is 8.47. The molecule has 0 amide bonds. The van der Waals surface area contributed by atoms with Gasteiger partial charge in [0.2, 0.25) is 0 Å². The number of carboxylic acids is 1. The number of hydrogen-bond acceptors (Lipinski definition) is 2. The summed E-state index contributed by atoms with van der Waals surface area (Å²) in [5.74, 6) is -1.17. The van der Waals surface area contributed by atoms with Gasteiger partial charge in [0.25, 0.3) is 0 Å². The minimum Gasteiger partial charge on any atom is -0.481 e. The number of benzene rings is 1. The maximum absolute atomic E-state index is 11.0. The van der Waals surface area contributed by atoms with Gasteiger partial charge in [-0.15, -0.1) is 6.58 Å². The summed E-state index contributed by atoms with van der Waals surface area (Å²) in [6, 6.07) is 6.11. The standard InChI is InChI=1S/C15H21NO2/c1-5-9-16(10-13(4)15(17)18)14-11(2)7-6-8-12(14)3/h5-8,13H,1,9-10H2,2-4H3,(H,17,18). The zero-order valence-corrected chi connectivity index (χ0v) is 11.3. The molecule has 0 heterocycles. The predicted octanol–water partition coefficient (Wildman–Crippen LogP) is 3.02. The van der Waals surface area contributed by atoms with Crippen molar-refractivity contribution in [2.45, 2.75) is 20.8 Å². The number of aryl methyl sites for hydroxylation is 2. The van der Waals surface area contributed by atoms with Crippen LogP contribution in [0.3, 0.4) is 0 Å². The van der Waals surface area contributed by atoms with Crippen LogP contribution in [0, 0.1) is 19.8 Å². The van der Waals surface area contributed by atoms with Crippen molar-refractivity contribution in [1.29, 1.82) is 0 Å². The fraction of sp³-hybridized carbons (Fsp3) is 0.400. The van der Waals surface area contributed by atoms with E-state index in [2.05, 4.69) is 11.5 Å². The first-order valence-electron chi connectivity index (χ1n) is 6.12. The zero-order chi connectivity index (χ0) is 13.7. The van der Waals surface area contributed by atoms with Gasteiger partial charge >= 0.3 is 5.97 Å². The van der Waals surface area contributed by atoms with Crippen LogP contribution in [0.15, 0.2) is 30.9 Å². The lowest BCUT2D eigenvalue weighted by molar-refractivity contribution is -0.140. The smallest absolute Gasteiger partial charge is 0.308 e. The van der Waals surface area contributed by atoms with Crippen molar-refractivity contribution >= 4 is 11.7 Å². The summed E-state index contributed by atoms with van der Waals surface area (Å²) in [7, 11) is 0. The van der Waals surface area contributed by atoms with Crippen molar-refractivity contribution < 1.29 is 9.90 Å². The number of anilines is 1. The van der Waals surface area contributed by atoms with Crippen LogP contribution in [0.2, 0.25) is 0 Å². The topological polar surface area (TPSA) is 40.5 Å². The molecule has 0 bridgehead atoms. The Morgan fingerprint density at radius 2 is 2.00 bits per heavy atom. The van der Waals surface area contributed by atoms with Crippen LogP contribution >= 0.6 is 0 Å². The highest BCUT2D eigenvalue weighted by molar-refractivity contribution is 5.71. The van der Waals surface area contributed by atoms with E-state index in [-0.39, 0.29) is 0 Å². The van der Waals surface area contributed by atoms with E-state index in [4.69, 9.17) is 5.11 Å². The summed E-state index contributed by atoms with van der Waals surface area (Å²) in [5, 5.41) is 9.03. The molecule has 0 spiro atoms. The largest absolute Gasteiger partial charge is 0.481 e. The van der Waals surface area contributed by atoms with E-state index in [1.165, 1.54) is 0 Å². The Bertz CT molecular complexity index is 420. The molecule has 0 saturated heterocycles. The van der Waals surface area contributed by atoms with Gasteiger partial charge in [0.1, 0.15) is 0 Å². The number of carbonyl (C=O) groups is 1. The third-order valence-electron chi connectivity index (χ3n) is 3.02. The molecule has 0 aromatic heterocycles. The third-order valence-corrected chi connectivity index (χ3v) is 3.02. The Morgan fingerprint density at radius 3 is 2.44 bits per heavy atom. The minimum atomic E-state index is -0.768. The third kappa shape index (κ3) is 3.36. The summed E-state index contributed by atoms with van der Waals surface area (Å²) in [6.07, 6.45) is 1.81. The number of aliphatic carboxylic acids is 1. The number of hydrogen-bond donors (Lipinski definition) is 1. The maximum Gasteiger partial charge on any atom is 0.308 e. The van der Waals surface area contributed by atoms with Gasteiger partial charge in [-0.05, 0) is 25.0 Å². The van der Waals surface area contributed by atoms with Gasteiger partial charge < -0.3 is 10.0 Å². The Hall–Kier alpha value is -1.77. The normalized spacial score (nSPS) is 11.9. The molecule has 0 fully saturated rings. The molecule has 1 N–H and O–H groups in total. The van der Waals surface area contributed by atoms with E-state index in [0.29, 0.717) is 13.1 Å². The summed E-state index contributed by atoms with van der Waals surface area (Å²) >= 11 is 0. The van der Waals surface area contributed by atoms with Gasteiger partial charge in [-0.3, -0.25) is 4.79 Å². The summed E-state index contributed by atoms with van der Waals surface area (Å²) in [5.41, 5.74) is 3.44. The summed E-state index contributed by atoms with van der Waals surface area (Å²) in [4.78, 5) is 13.1. The first kappa shape index (κ1) is 14.3. The molecule has 1 atom stereocenters. The molecule has 18 heavy (non-hydrogen) atoms. The summed E-state index contributed by atoms with van der Waals surface area (Å²) in [6.45, 7) is 10.7. The van der Waals surface area contributed by atoms with E-state index < -0.39 is 11.9 Å². The molecule has 3 nitrogen and oxygen atoms in total. The van der Waals surface area contributed by atoms with Crippen molar-refractivity contribution in [1.82, 2.24) is 0 Å². The van der Waals surface area contributed by atoms with Gasteiger partial charge in [0.15, 0.2) is 0 Å². The lowest BCUT2D eigenvalue weighted by atomic mass is 10.1. The van der Waals surface area contributed by atoms with Gasteiger partial charge in [-0.2, -0.15) is 0 Å². The molecule has 98 valence electrons. The molecule has 1 rings (SSSR count). The molecule has 0 aliphatic rings. The average Bonchev–Trinajstić information content (AvgIpc) is 2.28. The van der Waals surface area contributed by atoms with E-state index in [9.17, 15) is 4.79 Å². The average molecular weight is 247 g/mol. The Morgan fingerprint density at radius 1 is 1.44 bits per heavy atom. The van der Waals surface area contributed by atoms with Crippen molar-refractivity contribution in [3.8, 4) is 0 Å². The number of rotatable bonds is 6. The molecule has 3 heteroatoms. The monoisotopic (exact) mass is 247 g/mol. The second kappa shape index (κ2) is 6.24. The minimum absolute atomic E-state index is 0.399. The van der Waals surface area contributed by atoms with Crippen LogP contribution in [0.4, 0.5) is 5.69 Å². The van der Waals surface area contributed by atoms with Crippen LogP contribution in [0.25, 0.3) is 0 Å². The van der Waals surface area contributed by atoms with Crippen molar-refractivity contribution in [3.63, 3.8) is 0 Å². The van der Waals surface area contributed by atoms with Crippen molar-refractivity contribution in [2.24, 2.45) is 5.92 Å². The van der Waals surface area contributed by atoms with Crippen molar-refractivity contribution in [3.05, 3.63) is 42.0 Å². The highest BCUT2D eigenvalue weighted by Gasteiger charge is 2.18. The van der Waals surface area contributed by atoms with Gasteiger partial charge in [0.05, 0.1) is 5.92 Å². The second-order valence-corrected chi connectivity index (χ2v) is 4.67. The van der Waals surface area contributed by atoms with E-state index in [1.54, 1.807) is 13.0 Å². The quantitative estimate of drug-likeness (QED) is 0.785. The fourth-order valence-electron chi connectivity index (χ4n) is 2.13. The maximum atomic E-state index is 11.0. The van der Waals surface area contributed by atoms with Gasteiger partial charge in [-0.25, -0.2) is 0 Å². The zero-order valence-electron chi connectivity index (χ0n) is 11.3. The van der Waals surface area contributed by atoms with E-state index >= 15 is 0 Å². The first-order valence-corrected chi connectivity index (χ1v) is 6.12. The molecular weight excluding hydrogens is 226 g/mol. The highest BCUT2D eigenvalue weighted by atomic mass is 16.4. The predicted molar refractivity (Wildman–Crippen MR) is 75.1 cm³/mol. The van der Waals surface area contributed by atoms with Crippen LogP contribution in [-0.2, 0) is 4.79 Å². The molecule has 0 aliphatic carbocycles. The van der Waals surface area contributed by atoms with Gasteiger partial charge in [0, 0.05) is 18.8 Å². The van der Waals surface area contributed by atoms with Crippen LogP contribution in [0.1, 0.15) is 18.1 Å². The lowest BCUT2D eigenvalue weighted by Crippen LogP contribution is -2.33. The second-order valence-electron chi connectivity index (χ2n) is 4.67.